The molecule has 1 aliphatic carbocycles. The minimum absolute atomic E-state index is 0.366. The van der Waals surface area contributed by atoms with Crippen LogP contribution in [0.25, 0.3) is 0 Å². The third kappa shape index (κ3) is 2.70. The summed E-state index contributed by atoms with van der Waals surface area (Å²) in [4.78, 5) is 0. The van der Waals surface area contributed by atoms with Crippen molar-refractivity contribution in [3.63, 3.8) is 0 Å². The fourth-order valence-electron chi connectivity index (χ4n) is 2.45. The van der Waals surface area contributed by atoms with E-state index in [9.17, 15) is 0 Å². The molecule has 98 valence electrons. The van der Waals surface area contributed by atoms with Crippen LogP contribution in [0.5, 0.6) is 0 Å². The van der Waals surface area contributed by atoms with Gasteiger partial charge in [0, 0.05) is 19.6 Å². The Kier molecular flexibility index (Phi) is 4.32. The molecule has 0 N–H and O–H groups in total. The van der Waals surface area contributed by atoms with Crippen molar-refractivity contribution in [3.05, 3.63) is 11.4 Å². The molecule has 5 nitrogen and oxygen atoms in total. The Balaban J connectivity index is 2.15. The first-order valence-corrected chi connectivity index (χ1v) is 6.54. The summed E-state index contributed by atoms with van der Waals surface area (Å²) < 4.78 is 7.14. The van der Waals surface area contributed by atoms with Crippen LogP contribution in [0.1, 0.15) is 43.5 Å². The van der Waals surface area contributed by atoms with Gasteiger partial charge in [-0.2, -0.15) is 5.26 Å². The van der Waals surface area contributed by atoms with Crippen LogP contribution in [0.2, 0.25) is 0 Å². The number of nitriles is 1. The molecule has 1 saturated carbocycles. The predicted octanol–water partition coefficient (Wildman–Crippen LogP) is 1.89. The molecule has 0 aromatic carbocycles. The van der Waals surface area contributed by atoms with Crippen LogP contribution < -0.4 is 0 Å². The minimum Gasteiger partial charge on any atom is -0.384 e. The summed E-state index contributed by atoms with van der Waals surface area (Å²) in [5.74, 6) is 0.962. The topological polar surface area (TPSA) is 63.7 Å². The molecule has 1 unspecified atom stereocenters. The Morgan fingerprint density at radius 3 is 2.89 bits per heavy atom. The van der Waals surface area contributed by atoms with Gasteiger partial charge in [0.25, 0.3) is 0 Å². The maximum absolute atomic E-state index is 8.84. The first kappa shape index (κ1) is 13.0. The van der Waals surface area contributed by atoms with E-state index >= 15 is 0 Å². The Morgan fingerprint density at radius 1 is 1.56 bits per heavy atom. The Bertz CT molecular complexity index is 431. The Morgan fingerprint density at radius 2 is 2.33 bits per heavy atom. The second-order valence-corrected chi connectivity index (χ2v) is 5.13. The summed E-state index contributed by atoms with van der Waals surface area (Å²) in [7, 11) is 1.71. The molecular formula is C13H20N4O. The maximum atomic E-state index is 8.84. The maximum Gasteiger partial charge on any atom is 0.100 e. The van der Waals surface area contributed by atoms with Gasteiger partial charge < -0.3 is 4.74 Å². The lowest BCUT2D eigenvalue weighted by atomic mass is 9.81. The molecule has 1 aromatic rings. The standard InChI is InChI=1S/C13H20N4O/c1-10(9-18-2)8-17-13(11-4-3-5-11)12(6-7-14)15-16-17/h10-11H,3-6,8-9H2,1-2H3. The average molecular weight is 248 g/mol. The summed E-state index contributed by atoms with van der Waals surface area (Å²) in [6, 6.07) is 2.18. The molecule has 5 heteroatoms. The largest absolute Gasteiger partial charge is 0.384 e. The van der Waals surface area contributed by atoms with Crippen molar-refractivity contribution in [2.24, 2.45) is 5.92 Å². The number of rotatable bonds is 6. The lowest BCUT2D eigenvalue weighted by Crippen LogP contribution is -2.20. The zero-order chi connectivity index (χ0) is 13.0. The van der Waals surface area contributed by atoms with Gasteiger partial charge in [-0.1, -0.05) is 18.6 Å². The molecule has 2 rings (SSSR count). The predicted molar refractivity (Wildman–Crippen MR) is 67.0 cm³/mol. The molecule has 1 aliphatic rings. The van der Waals surface area contributed by atoms with E-state index in [2.05, 4.69) is 23.3 Å². The normalized spacial score (nSPS) is 17.2. The minimum atomic E-state index is 0.366. The molecule has 1 fully saturated rings. The highest BCUT2D eigenvalue weighted by atomic mass is 16.5. The van der Waals surface area contributed by atoms with Crippen molar-refractivity contribution >= 4 is 0 Å². The number of hydrogen-bond acceptors (Lipinski definition) is 4. The Labute approximate surface area is 108 Å². The molecule has 1 atom stereocenters. The molecule has 0 amide bonds. The number of ether oxygens (including phenoxy) is 1. The zero-order valence-corrected chi connectivity index (χ0v) is 11.1. The van der Waals surface area contributed by atoms with Crippen LogP contribution in [-0.2, 0) is 17.7 Å². The van der Waals surface area contributed by atoms with Gasteiger partial charge in [-0.3, -0.25) is 0 Å². The number of methoxy groups -OCH3 is 1. The van der Waals surface area contributed by atoms with E-state index in [1.807, 2.05) is 4.68 Å². The van der Waals surface area contributed by atoms with Gasteiger partial charge in [-0.25, -0.2) is 4.68 Å². The van der Waals surface area contributed by atoms with Gasteiger partial charge in [-0.05, 0) is 18.8 Å². The zero-order valence-electron chi connectivity index (χ0n) is 11.1. The van der Waals surface area contributed by atoms with Gasteiger partial charge in [-0.15, -0.1) is 5.10 Å². The van der Waals surface area contributed by atoms with Crippen molar-refractivity contribution in [1.29, 1.82) is 5.26 Å². The number of nitrogens with zero attached hydrogens (tertiary/aromatic N) is 4. The fourth-order valence-corrected chi connectivity index (χ4v) is 2.45. The van der Waals surface area contributed by atoms with Gasteiger partial charge in [0.05, 0.1) is 24.8 Å². The lowest BCUT2D eigenvalue weighted by Gasteiger charge is -2.27. The summed E-state index contributed by atoms with van der Waals surface area (Å²) in [6.07, 6.45) is 4.04. The number of hydrogen-bond donors (Lipinski definition) is 0. The quantitative estimate of drug-likeness (QED) is 0.771. The SMILES string of the molecule is COCC(C)Cn1nnc(CC#N)c1C1CCC1. The van der Waals surface area contributed by atoms with Crippen LogP contribution in [0, 0.1) is 17.2 Å². The van der Waals surface area contributed by atoms with Gasteiger partial charge in [0.2, 0.25) is 0 Å². The van der Waals surface area contributed by atoms with E-state index in [1.54, 1.807) is 7.11 Å². The van der Waals surface area contributed by atoms with E-state index in [-0.39, 0.29) is 0 Å². The molecule has 1 aromatic heterocycles. The highest BCUT2D eigenvalue weighted by molar-refractivity contribution is 5.20. The van der Waals surface area contributed by atoms with Crippen LogP contribution in [0.15, 0.2) is 0 Å². The van der Waals surface area contributed by atoms with Crippen LogP contribution in [-0.4, -0.2) is 28.7 Å². The smallest absolute Gasteiger partial charge is 0.100 e. The third-order valence-electron chi connectivity index (χ3n) is 3.52. The lowest BCUT2D eigenvalue weighted by molar-refractivity contribution is 0.147. The van der Waals surface area contributed by atoms with Crippen molar-refractivity contribution in [2.45, 2.75) is 45.1 Å². The number of aromatic nitrogens is 3. The van der Waals surface area contributed by atoms with Gasteiger partial charge >= 0.3 is 0 Å². The molecule has 0 spiro atoms. The molecule has 0 bridgehead atoms. The van der Waals surface area contributed by atoms with Crippen LogP contribution in [0.4, 0.5) is 0 Å². The monoisotopic (exact) mass is 248 g/mol. The van der Waals surface area contributed by atoms with E-state index in [1.165, 1.54) is 25.0 Å². The van der Waals surface area contributed by atoms with Crippen molar-refractivity contribution in [2.75, 3.05) is 13.7 Å². The molecule has 0 saturated heterocycles. The second-order valence-electron chi connectivity index (χ2n) is 5.13. The first-order chi connectivity index (χ1) is 8.76. The van der Waals surface area contributed by atoms with Crippen LogP contribution in [0.3, 0.4) is 0 Å². The second kappa shape index (κ2) is 5.96. The fraction of sp³-hybridized carbons (Fsp3) is 0.769. The summed E-state index contributed by atoms with van der Waals surface area (Å²) in [5.41, 5.74) is 2.05. The van der Waals surface area contributed by atoms with E-state index < -0.39 is 0 Å². The summed E-state index contributed by atoms with van der Waals surface area (Å²) in [5, 5.41) is 17.2. The molecule has 1 heterocycles. The molecular weight excluding hydrogens is 228 g/mol. The van der Waals surface area contributed by atoms with Gasteiger partial charge in [0.15, 0.2) is 0 Å². The summed E-state index contributed by atoms with van der Waals surface area (Å²) in [6.45, 7) is 3.68. The molecule has 18 heavy (non-hydrogen) atoms. The molecule has 0 radical (unpaired) electrons. The highest BCUT2D eigenvalue weighted by Gasteiger charge is 2.27. The van der Waals surface area contributed by atoms with E-state index in [4.69, 9.17) is 10.00 Å². The Hall–Kier alpha value is -1.41. The first-order valence-electron chi connectivity index (χ1n) is 6.54. The highest BCUT2D eigenvalue weighted by Crippen LogP contribution is 2.37. The average Bonchev–Trinajstić information content (AvgIpc) is 2.61. The van der Waals surface area contributed by atoms with Crippen molar-refractivity contribution < 1.29 is 4.74 Å². The van der Waals surface area contributed by atoms with Crippen molar-refractivity contribution in [1.82, 2.24) is 15.0 Å². The van der Waals surface area contributed by atoms with E-state index in [0.717, 1.165) is 18.8 Å². The summed E-state index contributed by atoms with van der Waals surface area (Å²) >= 11 is 0. The van der Waals surface area contributed by atoms with E-state index in [0.29, 0.717) is 18.3 Å². The van der Waals surface area contributed by atoms with Crippen molar-refractivity contribution in [3.8, 4) is 6.07 Å². The molecule has 0 aliphatic heterocycles. The van der Waals surface area contributed by atoms with Gasteiger partial charge in [0.1, 0.15) is 5.69 Å². The third-order valence-corrected chi connectivity index (χ3v) is 3.52. The van der Waals surface area contributed by atoms with Crippen LogP contribution >= 0.6 is 0 Å².